The first-order valence-electron chi connectivity index (χ1n) is 13.7. The van der Waals surface area contributed by atoms with E-state index in [0.717, 1.165) is 44.9 Å². The third-order valence-electron chi connectivity index (χ3n) is 7.27. The van der Waals surface area contributed by atoms with Gasteiger partial charge in [-0.2, -0.15) is 0 Å². The summed E-state index contributed by atoms with van der Waals surface area (Å²) < 4.78 is 5.39. The number of carboxylic acid groups (broad SMARTS) is 1. The van der Waals surface area contributed by atoms with Gasteiger partial charge in [0.2, 0.25) is 11.4 Å². The summed E-state index contributed by atoms with van der Waals surface area (Å²) in [4.78, 5) is 48.9. The number of primary amides is 1. The fourth-order valence-electron chi connectivity index (χ4n) is 5.17. The molecule has 0 saturated carbocycles. The van der Waals surface area contributed by atoms with E-state index < -0.39 is 35.3 Å². The smallest absolute Gasteiger partial charge is 0.339 e. The van der Waals surface area contributed by atoms with Crippen molar-refractivity contribution in [3.8, 4) is 0 Å². The van der Waals surface area contributed by atoms with Gasteiger partial charge in [0.15, 0.2) is 0 Å². The van der Waals surface area contributed by atoms with Gasteiger partial charge in [0.05, 0.1) is 5.92 Å². The lowest BCUT2D eigenvalue weighted by molar-refractivity contribution is -0.189. The maximum absolute atomic E-state index is 12.5. The van der Waals surface area contributed by atoms with Crippen molar-refractivity contribution in [1.29, 1.82) is 0 Å². The second kappa shape index (κ2) is 16.5. The molecule has 1 unspecified atom stereocenters. The van der Waals surface area contributed by atoms with Crippen LogP contribution in [0.2, 0.25) is 0 Å². The lowest BCUT2D eigenvalue weighted by atomic mass is 9.73. The average molecular weight is 497 g/mol. The molecule has 202 valence electrons. The van der Waals surface area contributed by atoms with Crippen LogP contribution in [0.3, 0.4) is 0 Å². The molecule has 8 heteroatoms. The fourth-order valence-corrected chi connectivity index (χ4v) is 5.17. The highest BCUT2D eigenvalue weighted by atomic mass is 16.6. The number of hydrogen-bond acceptors (Lipinski definition) is 5. The Hall–Kier alpha value is -2.12. The summed E-state index contributed by atoms with van der Waals surface area (Å²) in [6.07, 6.45) is 14.9. The number of nitrogens with one attached hydrogen (secondary N) is 1. The largest absolute Gasteiger partial charge is 0.479 e. The topological polar surface area (TPSA) is 136 Å². The van der Waals surface area contributed by atoms with Gasteiger partial charge in [-0.05, 0) is 19.3 Å². The van der Waals surface area contributed by atoms with Gasteiger partial charge in [-0.25, -0.2) is 4.79 Å². The molecule has 1 saturated heterocycles. The van der Waals surface area contributed by atoms with Gasteiger partial charge in [-0.3, -0.25) is 14.4 Å². The Balaban J connectivity index is 2.85. The molecule has 0 spiro atoms. The predicted molar refractivity (Wildman–Crippen MR) is 135 cm³/mol. The van der Waals surface area contributed by atoms with Crippen LogP contribution in [0.1, 0.15) is 124 Å². The van der Waals surface area contributed by atoms with E-state index in [1.165, 1.54) is 39.0 Å². The Kier molecular flexibility index (Phi) is 14.6. The van der Waals surface area contributed by atoms with Gasteiger partial charge >= 0.3 is 11.9 Å². The standard InChI is InChI=1S/C27H48N2O6/c1-4-6-8-10-11-12-13-14-15-17-21(27(25(28)32,26(33)34)29-20(3)30)19-23-22(24(31)35-23)18-16-9-7-5-2/h21-23H,4-19H2,1-3H3,(H2,28,32)(H,29,30)(H,33,34)/t21?,22-,23-,27+/m0/s1. The number of carboxylic acids is 1. The minimum Gasteiger partial charge on any atom is -0.479 e. The van der Waals surface area contributed by atoms with Crippen molar-refractivity contribution >= 4 is 23.8 Å². The maximum atomic E-state index is 12.5. The van der Waals surface area contributed by atoms with Crippen molar-refractivity contribution in [2.75, 3.05) is 0 Å². The van der Waals surface area contributed by atoms with Gasteiger partial charge in [-0.15, -0.1) is 0 Å². The summed E-state index contributed by atoms with van der Waals surface area (Å²) >= 11 is 0. The summed E-state index contributed by atoms with van der Waals surface area (Å²) in [5.41, 5.74) is 3.38. The van der Waals surface area contributed by atoms with Gasteiger partial charge in [0, 0.05) is 12.8 Å². The minimum atomic E-state index is -2.22. The summed E-state index contributed by atoms with van der Waals surface area (Å²) in [5.74, 6) is -4.52. The number of hydrogen-bond donors (Lipinski definition) is 3. The van der Waals surface area contributed by atoms with Crippen LogP contribution >= 0.6 is 0 Å². The summed E-state index contributed by atoms with van der Waals surface area (Å²) in [6.45, 7) is 5.49. The normalized spacial score (nSPS) is 19.8. The predicted octanol–water partition coefficient (Wildman–Crippen LogP) is 4.87. The van der Waals surface area contributed by atoms with Crippen LogP contribution in [0, 0.1) is 11.8 Å². The first kappa shape index (κ1) is 30.9. The molecule has 1 rings (SSSR count). The molecule has 0 aromatic carbocycles. The zero-order valence-electron chi connectivity index (χ0n) is 22.1. The van der Waals surface area contributed by atoms with E-state index in [1.807, 2.05) is 0 Å². The number of cyclic esters (lactones) is 1. The maximum Gasteiger partial charge on any atom is 0.339 e. The van der Waals surface area contributed by atoms with E-state index >= 15 is 0 Å². The minimum absolute atomic E-state index is 0.191. The zero-order chi connectivity index (χ0) is 26.3. The summed E-state index contributed by atoms with van der Waals surface area (Å²) in [6, 6.07) is 0. The van der Waals surface area contributed by atoms with Crippen molar-refractivity contribution in [2.24, 2.45) is 17.6 Å². The van der Waals surface area contributed by atoms with Crippen LogP contribution in [-0.4, -0.2) is 40.5 Å². The van der Waals surface area contributed by atoms with Crippen molar-refractivity contribution in [3.63, 3.8) is 0 Å². The average Bonchev–Trinajstić information content (AvgIpc) is 2.79. The molecule has 2 amide bonds. The fraction of sp³-hybridized carbons (Fsp3) is 0.852. The number of rotatable bonds is 21. The van der Waals surface area contributed by atoms with Crippen LogP contribution in [0.5, 0.6) is 0 Å². The van der Waals surface area contributed by atoms with E-state index in [1.54, 1.807) is 0 Å². The first-order chi connectivity index (χ1) is 16.7. The molecule has 0 bridgehead atoms. The summed E-state index contributed by atoms with van der Waals surface area (Å²) in [5, 5.41) is 12.4. The van der Waals surface area contributed by atoms with Crippen molar-refractivity contribution in [2.45, 2.75) is 135 Å². The Bertz CT molecular complexity index is 667. The highest BCUT2D eigenvalue weighted by Crippen LogP contribution is 2.37. The second-order valence-corrected chi connectivity index (χ2v) is 10.1. The van der Waals surface area contributed by atoms with Crippen molar-refractivity contribution in [3.05, 3.63) is 0 Å². The third kappa shape index (κ3) is 9.80. The van der Waals surface area contributed by atoms with E-state index in [9.17, 15) is 24.3 Å². The van der Waals surface area contributed by atoms with Gasteiger partial charge in [0.1, 0.15) is 6.10 Å². The highest BCUT2D eigenvalue weighted by Gasteiger charge is 2.55. The number of ether oxygens (including phenoxy) is 1. The van der Waals surface area contributed by atoms with Crippen LogP contribution in [0.25, 0.3) is 0 Å². The quantitative estimate of drug-likeness (QED) is 0.118. The van der Waals surface area contributed by atoms with Crippen LogP contribution < -0.4 is 11.1 Å². The molecule has 4 N–H and O–H groups in total. The first-order valence-corrected chi connectivity index (χ1v) is 13.7. The second-order valence-electron chi connectivity index (χ2n) is 10.1. The molecule has 35 heavy (non-hydrogen) atoms. The Labute approximate surface area is 211 Å². The SMILES string of the molecule is CCCCCCCCCCCC(C[C@@H]1OC(=O)[C@H]1CCCCCC)[C@@](NC(C)=O)(C(N)=O)C(=O)O. The molecule has 0 aromatic heterocycles. The monoisotopic (exact) mass is 496 g/mol. The zero-order valence-corrected chi connectivity index (χ0v) is 22.1. The third-order valence-corrected chi connectivity index (χ3v) is 7.27. The Morgan fingerprint density at radius 2 is 1.46 bits per heavy atom. The Morgan fingerprint density at radius 3 is 1.91 bits per heavy atom. The van der Waals surface area contributed by atoms with Gasteiger partial charge < -0.3 is 20.9 Å². The molecule has 1 aliphatic rings. The lowest BCUT2D eigenvalue weighted by Gasteiger charge is -2.41. The molecule has 1 heterocycles. The summed E-state index contributed by atoms with van der Waals surface area (Å²) in [7, 11) is 0. The van der Waals surface area contributed by atoms with Crippen molar-refractivity contribution < 1.29 is 29.0 Å². The van der Waals surface area contributed by atoms with E-state index in [4.69, 9.17) is 10.5 Å². The van der Waals surface area contributed by atoms with Gasteiger partial charge in [0.25, 0.3) is 5.91 Å². The van der Waals surface area contributed by atoms with Crippen LogP contribution in [-0.2, 0) is 23.9 Å². The molecule has 0 aliphatic carbocycles. The molecule has 4 atom stereocenters. The van der Waals surface area contributed by atoms with Crippen LogP contribution in [0.15, 0.2) is 0 Å². The number of unbranched alkanes of at least 4 members (excludes halogenated alkanes) is 11. The molecular weight excluding hydrogens is 448 g/mol. The van der Waals surface area contributed by atoms with Crippen LogP contribution in [0.4, 0.5) is 0 Å². The molecule has 8 nitrogen and oxygen atoms in total. The number of esters is 1. The molecule has 1 aliphatic heterocycles. The molecule has 0 aromatic rings. The molecular formula is C27H48N2O6. The number of amides is 2. The van der Waals surface area contributed by atoms with Gasteiger partial charge in [-0.1, -0.05) is 97.3 Å². The van der Waals surface area contributed by atoms with E-state index in [2.05, 4.69) is 19.2 Å². The molecule has 0 radical (unpaired) electrons. The van der Waals surface area contributed by atoms with Crippen molar-refractivity contribution in [1.82, 2.24) is 5.32 Å². The lowest BCUT2D eigenvalue weighted by Crippen LogP contribution is -2.67. The van der Waals surface area contributed by atoms with E-state index in [0.29, 0.717) is 19.3 Å². The number of nitrogens with two attached hydrogens (primary N) is 1. The highest BCUT2D eigenvalue weighted by molar-refractivity contribution is 6.09. The number of aliphatic carboxylic acids is 1. The number of carbonyl (C=O) groups excluding carboxylic acids is 3. The Morgan fingerprint density at radius 1 is 0.943 bits per heavy atom. The van der Waals surface area contributed by atoms with E-state index in [-0.39, 0.29) is 18.3 Å². The number of carbonyl (C=O) groups is 4. The molecule has 1 fully saturated rings.